The lowest BCUT2D eigenvalue weighted by Crippen LogP contribution is -2.17. The molecule has 1 fully saturated rings. The fraction of sp³-hybridized carbons (Fsp3) is 0.600. The smallest absolute Gasteiger partial charge is 0.205 e. The molecule has 20 heavy (non-hydrogen) atoms. The van der Waals surface area contributed by atoms with Crippen molar-refractivity contribution in [2.75, 3.05) is 21.2 Å². The maximum absolute atomic E-state index is 12.3. The van der Waals surface area contributed by atoms with Crippen LogP contribution in [0.1, 0.15) is 42.1 Å². The Morgan fingerprint density at radius 3 is 2.85 bits per heavy atom. The van der Waals surface area contributed by atoms with E-state index in [-0.39, 0.29) is 5.78 Å². The normalized spacial score (nSPS) is 16.6. The van der Waals surface area contributed by atoms with Crippen molar-refractivity contribution < 1.29 is 9.53 Å². The number of rotatable bonds is 7. The third-order valence-corrected chi connectivity index (χ3v) is 3.63. The number of allylic oxidation sites excluding steroid dienone is 1. The Labute approximate surface area is 120 Å². The molecule has 1 atom stereocenters. The molecule has 1 aromatic heterocycles. The van der Waals surface area contributed by atoms with Crippen molar-refractivity contribution in [3.63, 3.8) is 0 Å². The molecule has 0 spiro atoms. The number of aromatic nitrogens is 2. The van der Waals surface area contributed by atoms with Gasteiger partial charge in [0.1, 0.15) is 18.1 Å². The lowest BCUT2D eigenvalue weighted by molar-refractivity contribution is 0.103. The first kappa shape index (κ1) is 14.8. The van der Waals surface area contributed by atoms with Crippen LogP contribution >= 0.6 is 0 Å². The first-order valence-corrected chi connectivity index (χ1v) is 6.98. The van der Waals surface area contributed by atoms with Gasteiger partial charge in [0, 0.05) is 39.5 Å². The molecule has 0 N–H and O–H groups in total. The van der Waals surface area contributed by atoms with Gasteiger partial charge in [0.15, 0.2) is 0 Å². The summed E-state index contributed by atoms with van der Waals surface area (Å²) in [6.07, 6.45) is 7.47. The highest BCUT2D eigenvalue weighted by Crippen LogP contribution is 2.40. The van der Waals surface area contributed by atoms with E-state index < -0.39 is 0 Å². The molecule has 110 valence electrons. The van der Waals surface area contributed by atoms with E-state index in [2.05, 4.69) is 11.9 Å². The van der Waals surface area contributed by atoms with Crippen molar-refractivity contribution in [2.45, 2.75) is 32.4 Å². The van der Waals surface area contributed by atoms with E-state index >= 15 is 0 Å². The SMILES string of the molecule is COCc1ncc(C(=O)/C=C/N(C)C)n1C(C)C1CC1. The van der Waals surface area contributed by atoms with Crippen LogP contribution in [0.2, 0.25) is 0 Å². The monoisotopic (exact) mass is 277 g/mol. The second kappa shape index (κ2) is 6.22. The van der Waals surface area contributed by atoms with Crippen LogP contribution in [0.15, 0.2) is 18.5 Å². The van der Waals surface area contributed by atoms with E-state index in [1.165, 1.54) is 12.8 Å². The van der Waals surface area contributed by atoms with Gasteiger partial charge in [-0.15, -0.1) is 0 Å². The number of ketones is 1. The van der Waals surface area contributed by atoms with Gasteiger partial charge < -0.3 is 14.2 Å². The van der Waals surface area contributed by atoms with Crippen LogP contribution in [-0.4, -0.2) is 41.4 Å². The fourth-order valence-corrected chi connectivity index (χ4v) is 2.36. The predicted molar refractivity (Wildman–Crippen MR) is 77.5 cm³/mol. The van der Waals surface area contributed by atoms with E-state index in [1.54, 1.807) is 25.6 Å². The van der Waals surface area contributed by atoms with Gasteiger partial charge in [-0.3, -0.25) is 4.79 Å². The van der Waals surface area contributed by atoms with E-state index in [0.29, 0.717) is 24.3 Å². The molecule has 0 radical (unpaired) electrons. The minimum Gasteiger partial charge on any atom is -0.383 e. The second-order valence-electron chi connectivity index (χ2n) is 5.58. The lowest BCUT2D eigenvalue weighted by atomic mass is 10.2. The molecule has 5 heteroatoms. The van der Waals surface area contributed by atoms with E-state index in [9.17, 15) is 4.79 Å². The zero-order valence-corrected chi connectivity index (χ0v) is 12.7. The second-order valence-corrected chi connectivity index (χ2v) is 5.58. The molecule has 1 aromatic rings. The van der Waals surface area contributed by atoms with Crippen molar-refractivity contribution >= 4 is 5.78 Å². The van der Waals surface area contributed by atoms with Gasteiger partial charge in [0.2, 0.25) is 5.78 Å². The van der Waals surface area contributed by atoms with Crippen LogP contribution in [0.4, 0.5) is 0 Å². The lowest BCUT2D eigenvalue weighted by Gasteiger charge is -2.18. The number of hydrogen-bond donors (Lipinski definition) is 0. The van der Waals surface area contributed by atoms with Gasteiger partial charge in [-0.2, -0.15) is 0 Å². The molecule has 1 saturated carbocycles. The molecule has 5 nitrogen and oxygen atoms in total. The molecule has 0 amide bonds. The molecule has 0 aromatic carbocycles. The maximum atomic E-state index is 12.3. The quantitative estimate of drug-likeness (QED) is 0.566. The average molecular weight is 277 g/mol. The first-order valence-electron chi connectivity index (χ1n) is 6.98. The van der Waals surface area contributed by atoms with Crippen molar-refractivity contribution in [1.82, 2.24) is 14.5 Å². The van der Waals surface area contributed by atoms with Crippen LogP contribution < -0.4 is 0 Å². The van der Waals surface area contributed by atoms with Gasteiger partial charge in [0.05, 0.1) is 6.20 Å². The first-order chi connectivity index (χ1) is 9.54. The van der Waals surface area contributed by atoms with E-state index in [1.807, 2.05) is 23.6 Å². The van der Waals surface area contributed by atoms with Gasteiger partial charge in [-0.1, -0.05) is 0 Å². The molecule has 1 unspecified atom stereocenters. The van der Waals surface area contributed by atoms with Crippen molar-refractivity contribution in [1.29, 1.82) is 0 Å². The zero-order chi connectivity index (χ0) is 14.7. The Morgan fingerprint density at radius 1 is 1.60 bits per heavy atom. The van der Waals surface area contributed by atoms with Crippen LogP contribution in [0, 0.1) is 5.92 Å². The fourth-order valence-electron chi connectivity index (χ4n) is 2.36. The molecule has 2 rings (SSSR count). The summed E-state index contributed by atoms with van der Waals surface area (Å²) in [7, 11) is 5.43. The van der Waals surface area contributed by atoms with Crippen molar-refractivity contribution in [3.8, 4) is 0 Å². The molecule has 1 heterocycles. The zero-order valence-electron chi connectivity index (χ0n) is 12.7. The third-order valence-electron chi connectivity index (χ3n) is 3.63. The van der Waals surface area contributed by atoms with E-state index in [4.69, 9.17) is 4.74 Å². The maximum Gasteiger partial charge on any atom is 0.205 e. The molecule has 1 aliphatic rings. The Hall–Kier alpha value is -1.62. The number of carbonyl (C=O) groups excluding carboxylic acids is 1. The summed E-state index contributed by atoms with van der Waals surface area (Å²) >= 11 is 0. The topological polar surface area (TPSA) is 47.4 Å². The summed E-state index contributed by atoms with van der Waals surface area (Å²) in [4.78, 5) is 18.5. The number of methoxy groups -OCH3 is 1. The molecular formula is C15H23N3O2. The van der Waals surface area contributed by atoms with Crippen molar-refractivity contribution in [2.24, 2.45) is 5.92 Å². The largest absolute Gasteiger partial charge is 0.383 e. The highest BCUT2D eigenvalue weighted by molar-refractivity contribution is 6.03. The van der Waals surface area contributed by atoms with Crippen LogP contribution in [-0.2, 0) is 11.3 Å². The Bertz CT molecular complexity index is 501. The molecule has 0 saturated heterocycles. The number of hydrogen-bond acceptors (Lipinski definition) is 4. The Balaban J connectivity index is 2.29. The molecule has 0 aliphatic heterocycles. The summed E-state index contributed by atoms with van der Waals surface area (Å²) in [6, 6.07) is 0.300. The minimum absolute atomic E-state index is 0.0129. The van der Waals surface area contributed by atoms with Gasteiger partial charge in [-0.05, 0) is 25.7 Å². The molecule has 0 bridgehead atoms. The van der Waals surface area contributed by atoms with Gasteiger partial charge in [-0.25, -0.2) is 4.98 Å². The molecular weight excluding hydrogens is 254 g/mol. The van der Waals surface area contributed by atoms with Crippen molar-refractivity contribution in [3.05, 3.63) is 30.0 Å². The highest BCUT2D eigenvalue weighted by Gasteiger charge is 2.32. The summed E-state index contributed by atoms with van der Waals surface area (Å²) < 4.78 is 7.23. The highest BCUT2D eigenvalue weighted by atomic mass is 16.5. The minimum atomic E-state index is -0.0129. The van der Waals surface area contributed by atoms with Crippen LogP contribution in [0.3, 0.4) is 0 Å². The number of ether oxygens (including phenoxy) is 1. The number of imidazole rings is 1. The summed E-state index contributed by atoms with van der Waals surface area (Å²) in [5, 5.41) is 0. The third kappa shape index (κ3) is 3.28. The molecule has 1 aliphatic carbocycles. The predicted octanol–water partition coefficient (Wildman–Crippen LogP) is 2.26. The Kier molecular flexibility index (Phi) is 4.60. The standard InChI is InChI=1S/C15H23N3O2/c1-11(12-5-6-12)18-13(9-16-15(18)10-20-4)14(19)7-8-17(2)3/h7-9,11-12H,5-6,10H2,1-4H3/b8-7+. The number of carbonyl (C=O) groups is 1. The summed E-state index contributed by atoms with van der Waals surface area (Å²) in [5.41, 5.74) is 0.648. The summed E-state index contributed by atoms with van der Waals surface area (Å²) in [5.74, 6) is 1.47. The van der Waals surface area contributed by atoms with Gasteiger partial charge in [0.25, 0.3) is 0 Å². The van der Waals surface area contributed by atoms with Crippen LogP contribution in [0.25, 0.3) is 0 Å². The van der Waals surface area contributed by atoms with Crippen LogP contribution in [0.5, 0.6) is 0 Å². The summed E-state index contributed by atoms with van der Waals surface area (Å²) in [6.45, 7) is 2.59. The Morgan fingerprint density at radius 2 is 2.30 bits per heavy atom. The average Bonchev–Trinajstić information content (AvgIpc) is 3.17. The number of nitrogens with zero attached hydrogens (tertiary/aromatic N) is 3. The van der Waals surface area contributed by atoms with Gasteiger partial charge >= 0.3 is 0 Å². The van der Waals surface area contributed by atoms with E-state index in [0.717, 1.165) is 5.82 Å².